The Balaban J connectivity index is 2.55. The van der Waals surface area contributed by atoms with Gasteiger partial charge in [-0.2, -0.15) is 0 Å². The minimum atomic E-state index is -0.878. The van der Waals surface area contributed by atoms with E-state index < -0.39 is 23.8 Å². The lowest BCUT2D eigenvalue weighted by atomic mass is 9.97. The van der Waals surface area contributed by atoms with Crippen LogP contribution in [-0.4, -0.2) is 41.0 Å². The molecule has 2 aromatic rings. The highest BCUT2D eigenvalue weighted by atomic mass is 16.6. The maximum absolute atomic E-state index is 14.5. The van der Waals surface area contributed by atoms with Crippen LogP contribution < -0.4 is 10.6 Å². The van der Waals surface area contributed by atoms with Gasteiger partial charge < -0.3 is 20.3 Å². The van der Waals surface area contributed by atoms with E-state index in [1.165, 1.54) is 6.42 Å². The summed E-state index contributed by atoms with van der Waals surface area (Å²) in [6.45, 7) is 17.9. The lowest BCUT2D eigenvalue weighted by molar-refractivity contribution is -0.141. The average Bonchev–Trinajstić information content (AvgIpc) is 2.90. The van der Waals surface area contributed by atoms with Crippen LogP contribution in [0.25, 0.3) is 0 Å². The summed E-state index contributed by atoms with van der Waals surface area (Å²) >= 11 is 0. The molecule has 0 bridgehead atoms. The zero-order valence-corrected chi connectivity index (χ0v) is 28.0. The van der Waals surface area contributed by atoms with Gasteiger partial charge in [0.05, 0.1) is 0 Å². The van der Waals surface area contributed by atoms with Crippen LogP contribution >= 0.6 is 0 Å². The summed E-state index contributed by atoms with van der Waals surface area (Å²) in [5.74, 6) is -0.431. The van der Waals surface area contributed by atoms with Gasteiger partial charge in [0, 0.05) is 12.2 Å². The third-order valence-electron chi connectivity index (χ3n) is 7.38. The van der Waals surface area contributed by atoms with E-state index in [-0.39, 0.29) is 17.7 Å². The van der Waals surface area contributed by atoms with Crippen LogP contribution in [0.3, 0.4) is 0 Å². The van der Waals surface area contributed by atoms with Crippen molar-refractivity contribution in [2.75, 3.05) is 11.9 Å². The second-order valence-electron chi connectivity index (χ2n) is 13.2. The Kier molecular flexibility index (Phi) is 14.2. The lowest BCUT2D eigenvalue weighted by Crippen LogP contribution is -2.53. The molecule has 0 saturated heterocycles. The molecule has 43 heavy (non-hydrogen) atoms. The van der Waals surface area contributed by atoms with Gasteiger partial charge in [-0.25, -0.2) is 4.79 Å². The first-order chi connectivity index (χ1) is 20.2. The topological polar surface area (TPSA) is 87.7 Å². The van der Waals surface area contributed by atoms with Crippen LogP contribution in [0.15, 0.2) is 42.5 Å². The van der Waals surface area contributed by atoms with Crippen LogP contribution in [0.1, 0.15) is 115 Å². The van der Waals surface area contributed by atoms with Crippen molar-refractivity contribution in [2.24, 2.45) is 5.92 Å². The molecule has 3 amide bonds. The number of alkyl carbamates (subject to hydrolysis) is 1. The van der Waals surface area contributed by atoms with E-state index >= 15 is 0 Å². The maximum atomic E-state index is 14.5. The molecule has 2 N–H and O–H groups in total. The van der Waals surface area contributed by atoms with Crippen molar-refractivity contribution in [1.29, 1.82) is 0 Å². The zero-order chi connectivity index (χ0) is 32.2. The molecule has 2 aromatic carbocycles. The third-order valence-corrected chi connectivity index (χ3v) is 7.38. The number of amides is 3. The lowest BCUT2D eigenvalue weighted by Gasteiger charge is -2.35. The van der Waals surface area contributed by atoms with E-state index in [0.29, 0.717) is 13.0 Å². The molecule has 7 nitrogen and oxygen atoms in total. The van der Waals surface area contributed by atoms with Gasteiger partial charge in [-0.1, -0.05) is 101 Å². The van der Waals surface area contributed by atoms with Gasteiger partial charge in [-0.15, -0.1) is 0 Å². The summed E-state index contributed by atoms with van der Waals surface area (Å²) in [6.07, 6.45) is 6.06. The van der Waals surface area contributed by atoms with Crippen molar-refractivity contribution in [3.63, 3.8) is 0 Å². The van der Waals surface area contributed by atoms with E-state index in [1.807, 2.05) is 77.1 Å². The normalized spacial score (nSPS) is 12.9. The number of rotatable bonds is 15. The van der Waals surface area contributed by atoms with E-state index in [0.717, 1.165) is 60.0 Å². The summed E-state index contributed by atoms with van der Waals surface area (Å²) in [6, 6.07) is 12.0. The molecule has 0 aliphatic carbocycles. The van der Waals surface area contributed by atoms with Gasteiger partial charge in [0.25, 0.3) is 5.91 Å². The van der Waals surface area contributed by atoms with Gasteiger partial charge in [-0.3, -0.25) is 9.59 Å². The molecule has 0 aliphatic rings. The molecule has 0 radical (unpaired) electrons. The van der Waals surface area contributed by atoms with E-state index in [9.17, 15) is 14.4 Å². The Hall–Kier alpha value is -3.35. The van der Waals surface area contributed by atoms with Gasteiger partial charge in [0.2, 0.25) is 5.91 Å². The molecule has 0 saturated carbocycles. The molecule has 7 heteroatoms. The van der Waals surface area contributed by atoms with E-state index in [1.54, 1.807) is 25.7 Å². The number of carbonyl (C=O) groups excluding carboxylic acids is 3. The maximum Gasteiger partial charge on any atom is 0.408 e. The Morgan fingerprint density at radius 2 is 1.49 bits per heavy atom. The standard InChI is InChI=1S/C36H55N3O4/c1-10-11-12-13-14-15-22-39(34(41)30(23-25(2)3)37-35(42)43-36(7,8)9)32(29-21-16-18-26(4)24-29)33(40)38-31-27(5)19-17-20-28(31)6/h16-21,24-25,30,32H,10-15,22-23H2,1-9H3,(H,37,42)(H,38,40). The van der Waals surface area contributed by atoms with Crippen molar-refractivity contribution >= 4 is 23.6 Å². The number of nitrogens with zero attached hydrogens (tertiary/aromatic N) is 1. The molecule has 0 heterocycles. The summed E-state index contributed by atoms with van der Waals surface area (Å²) in [4.78, 5) is 43.4. The summed E-state index contributed by atoms with van der Waals surface area (Å²) in [7, 11) is 0. The highest BCUT2D eigenvalue weighted by Crippen LogP contribution is 2.29. The summed E-state index contributed by atoms with van der Waals surface area (Å²) in [5.41, 5.74) is 3.69. The Morgan fingerprint density at radius 1 is 0.884 bits per heavy atom. The molecule has 238 valence electrons. The Morgan fingerprint density at radius 3 is 2.07 bits per heavy atom. The second kappa shape index (κ2) is 17.1. The van der Waals surface area contributed by atoms with Gasteiger partial charge in [0.15, 0.2) is 0 Å². The fourth-order valence-corrected chi connectivity index (χ4v) is 5.29. The molecule has 0 aliphatic heterocycles. The van der Waals surface area contributed by atoms with Gasteiger partial charge in [-0.05, 0) is 77.0 Å². The summed E-state index contributed by atoms with van der Waals surface area (Å²) in [5, 5.41) is 6.00. The van der Waals surface area contributed by atoms with Crippen LogP contribution in [0, 0.1) is 26.7 Å². The number of aryl methyl sites for hydroxylation is 3. The fourth-order valence-electron chi connectivity index (χ4n) is 5.29. The molecular formula is C36H55N3O4. The monoisotopic (exact) mass is 593 g/mol. The van der Waals surface area contributed by atoms with Gasteiger partial charge >= 0.3 is 6.09 Å². The molecule has 0 spiro atoms. The SMILES string of the molecule is CCCCCCCCN(C(=O)C(CC(C)C)NC(=O)OC(C)(C)C)C(C(=O)Nc1c(C)cccc1C)c1cccc(C)c1. The van der Waals surface area contributed by atoms with Crippen molar-refractivity contribution in [2.45, 2.75) is 125 Å². The van der Waals surface area contributed by atoms with Crippen LogP contribution in [0.2, 0.25) is 0 Å². The smallest absolute Gasteiger partial charge is 0.408 e. The number of hydrogen-bond acceptors (Lipinski definition) is 4. The van der Waals surface area contributed by atoms with Crippen LogP contribution in [0.4, 0.5) is 10.5 Å². The molecule has 0 fully saturated rings. The number of nitrogens with one attached hydrogen (secondary N) is 2. The van der Waals surface area contributed by atoms with Gasteiger partial charge in [0.1, 0.15) is 17.7 Å². The minimum Gasteiger partial charge on any atom is -0.444 e. The highest BCUT2D eigenvalue weighted by molar-refractivity contribution is 6.00. The van der Waals surface area contributed by atoms with Crippen molar-refractivity contribution < 1.29 is 19.1 Å². The fraction of sp³-hybridized carbons (Fsp3) is 0.583. The number of para-hydroxylation sites is 1. The predicted octanol–water partition coefficient (Wildman–Crippen LogP) is 8.42. The Labute approximate surface area is 260 Å². The van der Waals surface area contributed by atoms with Crippen molar-refractivity contribution in [3.05, 3.63) is 64.7 Å². The number of hydrogen-bond donors (Lipinski definition) is 2. The van der Waals surface area contributed by atoms with E-state index in [4.69, 9.17) is 4.74 Å². The number of carbonyl (C=O) groups is 3. The predicted molar refractivity (Wildman–Crippen MR) is 176 cm³/mol. The zero-order valence-electron chi connectivity index (χ0n) is 28.0. The number of ether oxygens (including phenoxy) is 1. The molecular weight excluding hydrogens is 538 g/mol. The number of benzene rings is 2. The first-order valence-electron chi connectivity index (χ1n) is 16.0. The van der Waals surface area contributed by atoms with Crippen molar-refractivity contribution in [3.8, 4) is 0 Å². The van der Waals surface area contributed by atoms with Crippen molar-refractivity contribution in [1.82, 2.24) is 10.2 Å². The second-order valence-corrected chi connectivity index (χ2v) is 13.2. The third kappa shape index (κ3) is 12.0. The first-order valence-corrected chi connectivity index (χ1v) is 16.0. The summed E-state index contributed by atoms with van der Waals surface area (Å²) < 4.78 is 5.53. The molecule has 2 rings (SSSR count). The van der Waals surface area contributed by atoms with Crippen LogP contribution in [-0.2, 0) is 14.3 Å². The molecule has 0 aromatic heterocycles. The minimum absolute atomic E-state index is 0.126. The molecule has 2 unspecified atom stereocenters. The molecule has 2 atom stereocenters. The Bertz CT molecular complexity index is 1180. The quantitative estimate of drug-likeness (QED) is 0.203. The van der Waals surface area contributed by atoms with E-state index in [2.05, 4.69) is 17.6 Å². The first kappa shape index (κ1) is 35.8. The number of unbranched alkanes of at least 4 members (excludes halogenated alkanes) is 5. The van der Waals surface area contributed by atoms with Crippen LogP contribution in [0.5, 0.6) is 0 Å². The average molecular weight is 594 g/mol. The largest absolute Gasteiger partial charge is 0.444 e. The highest BCUT2D eigenvalue weighted by Gasteiger charge is 2.36. The number of anilines is 1.